The van der Waals surface area contributed by atoms with Gasteiger partial charge in [-0.25, -0.2) is 19.9 Å². The van der Waals surface area contributed by atoms with E-state index in [4.69, 9.17) is 10.7 Å². The number of piperidine rings is 1. The lowest BCUT2D eigenvalue weighted by Crippen LogP contribution is -2.46. The Bertz CT molecular complexity index is 1620. The third kappa shape index (κ3) is 4.46. The van der Waals surface area contributed by atoms with E-state index < -0.39 is 5.54 Å². The van der Waals surface area contributed by atoms with Crippen LogP contribution in [0.25, 0.3) is 34.3 Å². The number of rotatable bonds is 5. The molecule has 1 aliphatic carbocycles. The SMILES string of the molecule is CC(C)c1c2cc(-c3ccnc(C4(N)C=c5ncnc(NC6CCN(C)CC6)c5=CC4)n3)ccc2nn1C. The van der Waals surface area contributed by atoms with E-state index in [1.165, 1.54) is 5.69 Å². The van der Waals surface area contributed by atoms with Crippen LogP contribution in [0, 0.1) is 0 Å². The van der Waals surface area contributed by atoms with Crippen molar-refractivity contribution in [3.05, 3.63) is 58.9 Å². The van der Waals surface area contributed by atoms with E-state index in [2.05, 4.69) is 75.4 Å². The van der Waals surface area contributed by atoms with E-state index >= 15 is 0 Å². The van der Waals surface area contributed by atoms with Crippen molar-refractivity contribution in [3.63, 3.8) is 0 Å². The summed E-state index contributed by atoms with van der Waals surface area (Å²) < 4.78 is 1.97. The molecule has 1 aliphatic heterocycles. The molecular formula is C29H35N9. The Morgan fingerprint density at radius 1 is 1.08 bits per heavy atom. The molecule has 9 nitrogen and oxygen atoms in total. The molecule has 0 radical (unpaired) electrons. The molecule has 0 saturated carbocycles. The summed E-state index contributed by atoms with van der Waals surface area (Å²) in [5, 5.41) is 11.3. The summed E-state index contributed by atoms with van der Waals surface area (Å²) in [5.74, 6) is 1.82. The van der Waals surface area contributed by atoms with Crippen molar-refractivity contribution in [1.82, 2.24) is 34.6 Å². The molecule has 0 spiro atoms. The number of benzene rings is 1. The fraction of sp³-hybridized carbons (Fsp3) is 0.414. The first-order valence-electron chi connectivity index (χ1n) is 13.4. The van der Waals surface area contributed by atoms with Crippen molar-refractivity contribution in [2.75, 3.05) is 25.5 Å². The number of likely N-dealkylation sites (tertiary alicyclic amines) is 1. The predicted molar refractivity (Wildman–Crippen MR) is 151 cm³/mol. The summed E-state index contributed by atoms with van der Waals surface area (Å²) in [5.41, 5.74) is 10.1. The first kappa shape index (κ1) is 24.6. The van der Waals surface area contributed by atoms with Gasteiger partial charge in [0.2, 0.25) is 0 Å². The Hall–Kier alpha value is -3.69. The average Bonchev–Trinajstić information content (AvgIpc) is 3.25. The van der Waals surface area contributed by atoms with Crippen molar-refractivity contribution >= 4 is 28.9 Å². The van der Waals surface area contributed by atoms with Gasteiger partial charge in [-0.3, -0.25) is 4.68 Å². The number of nitrogens with one attached hydrogen (secondary N) is 1. The van der Waals surface area contributed by atoms with Gasteiger partial charge in [-0.1, -0.05) is 26.0 Å². The van der Waals surface area contributed by atoms with Crippen LogP contribution in [0.3, 0.4) is 0 Å². The number of hydrogen-bond acceptors (Lipinski definition) is 8. The summed E-state index contributed by atoms with van der Waals surface area (Å²) in [6.45, 7) is 6.56. The first-order valence-corrected chi connectivity index (χ1v) is 13.4. The van der Waals surface area contributed by atoms with E-state index in [1.807, 2.05) is 23.9 Å². The molecule has 3 N–H and O–H groups in total. The fourth-order valence-corrected chi connectivity index (χ4v) is 5.72. The highest BCUT2D eigenvalue weighted by Crippen LogP contribution is 2.30. The van der Waals surface area contributed by atoms with Gasteiger partial charge >= 0.3 is 0 Å². The lowest BCUT2D eigenvalue weighted by molar-refractivity contribution is 0.263. The summed E-state index contributed by atoms with van der Waals surface area (Å²) in [6.07, 6.45) is 10.3. The highest BCUT2D eigenvalue weighted by Gasteiger charge is 2.30. The van der Waals surface area contributed by atoms with Crippen LogP contribution in [0.5, 0.6) is 0 Å². The number of nitrogens with zero attached hydrogens (tertiary/aromatic N) is 7. The number of hydrogen-bond donors (Lipinski definition) is 2. The van der Waals surface area contributed by atoms with Crippen molar-refractivity contribution in [2.45, 2.75) is 50.6 Å². The Labute approximate surface area is 222 Å². The van der Waals surface area contributed by atoms with Crippen molar-refractivity contribution in [2.24, 2.45) is 12.8 Å². The summed E-state index contributed by atoms with van der Waals surface area (Å²) >= 11 is 0. The Morgan fingerprint density at radius 3 is 2.68 bits per heavy atom. The van der Waals surface area contributed by atoms with Crippen LogP contribution in [0.15, 0.2) is 36.8 Å². The molecule has 1 saturated heterocycles. The van der Waals surface area contributed by atoms with Gasteiger partial charge in [0.1, 0.15) is 17.7 Å². The number of aromatic nitrogens is 6. The molecule has 1 aromatic carbocycles. The Balaban J connectivity index is 1.33. The number of aryl methyl sites for hydroxylation is 1. The van der Waals surface area contributed by atoms with Crippen LogP contribution in [-0.2, 0) is 12.6 Å². The van der Waals surface area contributed by atoms with Gasteiger partial charge in [0, 0.05) is 41.1 Å². The molecule has 196 valence electrons. The molecule has 0 bridgehead atoms. The van der Waals surface area contributed by atoms with E-state index in [0.717, 1.165) is 64.5 Å². The van der Waals surface area contributed by atoms with E-state index in [1.54, 1.807) is 12.5 Å². The molecule has 3 aromatic heterocycles. The standard InChI is InChI=1S/C29H35N9/c1-18(2)26-22-15-19(5-6-24(22)36-38(26)4)23-8-12-31-28(35-23)29(30)11-7-21-25(16-29)32-17-33-27(21)34-20-9-13-37(3)14-10-20/h5-8,12,15-18,20H,9-11,13-14,30H2,1-4H3,(H,32,33,34). The second-order valence-corrected chi connectivity index (χ2v) is 11.0. The minimum Gasteiger partial charge on any atom is -0.367 e. The first-order chi connectivity index (χ1) is 18.3. The molecule has 2 aliphatic rings. The van der Waals surface area contributed by atoms with Gasteiger partial charge < -0.3 is 16.0 Å². The molecule has 4 aromatic rings. The molecule has 1 fully saturated rings. The highest BCUT2D eigenvalue weighted by atomic mass is 15.3. The van der Waals surface area contributed by atoms with Gasteiger partial charge in [-0.15, -0.1) is 0 Å². The zero-order valence-electron chi connectivity index (χ0n) is 22.5. The zero-order chi connectivity index (χ0) is 26.4. The molecular weight excluding hydrogens is 474 g/mol. The third-order valence-corrected chi connectivity index (χ3v) is 7.81. The summed E-state index contributed by atoms with van der Waals surface area (Å²) in [6, 6.07) is 8.65. The smallest absolute Gasteiger partial charge is 0.153 e. The van der Waals surface area contributed by atoms with Gasteiger partial charge in [0.25, 0.3) is 0 Å². The Morgan fingerprint density at radius 2 is 1.89 bits per heavy atom. The molecule has 6 rings (SSSR count). The van der Waals surface area contributed by atoms with Crippen molar-refractivity contribution in [1.29, 1.82) is 0 Å². The fourth-order valence-electron chi connectivity index (χ4n) is 5.72. The van der Waals surface area contributed by atoms with Gasteiger partial charge in [0.05, 0.1) is 16.6 Å². The molecule has 4 heterocycles. The van der Waals surface area contributed by atoms with Crippen molar-refractivity contribution < 1.29 is 0 Å². The van der Waals surface area contributed by atoms with Gasteiger partial charge in [0.15, 0.2) is 5.82 Å². The van der Waals surface area contributed by atoms with Crippen molar-refractivity contribution in [3.8, 4) is 11.3 Å². The largest absolute Gasteiger partial charge is 0.367 e. The second kappa shape index (κ2) is 9.56. The summed E-state index contributed by atoms with van der Waals surface area (Å²) in [7, 11) is 4.17. The van der Waals surface area contributed by atoms with Gasteiger partial charge in [-0.05, 0) is 69.6 Å². The lowest BCUT2D eigenvalue weighted by atomic mass is 9.90. The predicted octanol–water partition coefficient (Wildman–Crippen LogP) is 2.27. The van der Waals surface area contributed by atoms with Gasteiger partial charge in [-0.2, -0.15) is 5.10 Å². The second-order valence-electron chi connectivity index (χ2n) is 11.0. The monoisotopic (exact) mass is 509 g/mol. The molecule has 1 unspecified atom stereocenters. The molecule has 1 atom stereocenters. The quantitative estimate of drug-likeness (QED) is 0.422. The van der Waals surface area contributed by atoms with Crippen LogP contribution >= 0.6 is 0 Å². The minimum atomic E-state index is -0.857. The van der Waals surface area contributed by atoms with Crippen LogP contribution in [0.1, 0.15) is 50.5 Å². The topological polar surface area (TPSA) is 111 Å². The lowest BCUT2D eigenvalue weighted by Gasteiger charge is -2.30. The highest BCUT2D eigenvalue weighted by molar-refractivity contribution is 5.86. The normalized spacial score (nSPS) is 20.3. The third-order valence-electron chi connectivity index (χ3n) is 7.81. The van der Waals surface area contributed by atoms with E-state index in [9.17, 15) is 0 Å². The average molecular weight is 510 g/mol. The van der Waals surface area contributed by atoms with E-state index in [0.29, 0.717) is 24.2 Å². The molecule has 38 heavy (non-hydrogen) atoms. The van der Waals surface area contributed by atoms with Crippen LogP contribution < -0.4 is 21.6 Å². The maximum Gasteiger partial charge on any atom is 0.153 e. The van der Waals surface area contributed by atoms with Crippen LogP contribution in [0.4, 0.5) is 5.82 Å². The minimum absolute atomic E-state index is 0.363. The number of fused-ring (bicyclic) bond motifs is 2. The van der Waals surface area contributed by atoms with E-state index in [-0.39, 0.29) is 0 Å². The van der Waals surface area contributed by atoms with Crippen LogP contribution in [0.2, 0.25) is 0 Å². The molecule has 9 heteroatoms. The molecule has 0 amide bonds. The Kier molecular flexibility index (Phi) is 6.20. The summed E-state index contributed by atoms with van der Waals surface area (Å²) in [4.78, 5) is 21.0. The zero-order valence-corrected chi connectivity index (χ0v) is 22.5. The van der Waals surface area contributed by atoms with Crippen LogP contribution in [-0.4, -0.2) is 60.8 Å². The maximum absolute atomic E-state index is 6.94. The number of anilines is 1. The maximum atomic E-state index is 6.94. The number of nitrogens with two attached hydrogens (primary N) is 1.